The van der Waals surface area contributed by atoms with Crippen LogP contribution in [0.4, 0.5) is 24.5 Å². The summed E-state index contributed by atoms with van der Waals surface area (Å²) in [4.78, 5) is 24.5. The van der Waals surface area contributed by atoms with E-state index in [4.69, 9.17) is 0 Å². The molecule has 1 amide bonds. The monoisotopic (exact) mass is 371 g/mol. The number of likely N-dealkylation sites (tertiary alicyclic amines) is 1. The minimum atomic E-state index is -4.64. The van der Waals surface area contributed by atoms with Crippen molar-refractivity contribution in [2.75, 3.05) is 18.4 Å². The Kier molecular flexibility index (Phi) is 5.06. The Bertz CT molecular complexity index is 702. The number of benzene rings is 1. The van der Waals surface area contributed by atoms with E-state index in [1.54, 1.807) is 4.90 Å². The molecule has 1 saturated carbocycles. The van der Waals surface area contributed by atoms with E-state index in [0.29, 0.717) is 25.6 Å². The first-order valence-electron chi connectivity index (χ1n) is 8.66. The van der Waals surface area contributed by atoms with Crippen molar-refractivity contribution < 1.29 is 22.9 Å². The minimum absolute atomic E-state index is 0.0446. The number of hydrogen-bond donors (Lipinski definition) is 1. The highest BCUT2D eigenvalue weighted by Gasteiger charge is 2.35. The van der Waals surface area contributed by atoms with E-state index >= 15 is 0 Å². The van der Waals surface area contributed by atoms with Gasteiger partial charge in [-0.3, -0.25) is 14.9 Å². The van der Waals surface area contributed by atoms with Crippen LogP contribution in [0.3, 0.4) is 0 Å². The number of halogens is 3. The first kappa shape index (κ1) is 18.5. The van der Waals surface area contributed by atoms with E-state index in [-0.39, 0.29) is 23.6 Å². The molecule has 6 nitrogen and oxygen atoms in total. The zero-order chi connectivity index (χ0) is 18.9. The molecule has 0 bridgehead atoms. The van der Waals surface area contributed by atoms with E-state index in [0.717, 1.165) is 37.8 Å². The topological polar surface area (TPSA) is 75.5 Å². The summed E-state index contributed by atoms with van der Waals surface area (Å²) >= 11 is 0. The van der Waals surface area contributed by atoms with Gasteiger partial charge in [0, 0.05) is 31.1 Å². The molecule has 1 heterocycles. The third-order valence-corrected chi connectivity index (χ3v) is 5.09. The summed E-state index contributed by atoms with van der Waals surface area (Å²) < 4.78 is 38.3. The van der Waals surface area contributed by atoms with E-state index in [1.165, 1.54) is 0 Å². The molecule has 1 aromatic rings. The molecule has 1 aromatic carbocycles. The van der Waals surface area contributed by atoms with Crippen LogP contribution in [0.2, 0.25) is 0 Å². The van der Waals surface area contributed by atoms with Gasteiger partial charge in [-0.2, -0.15) is 13.2 Å². The van der Waals surface area contributed by atoms with Gasteiger partial charge in [0.05, 0.1) is 10.5 Å². The smallest absolute Gasteiger partial charge is 0.375 e. The number of hydrogen-bond acceptors (Lipinski definition) is 4. The largest absolute Gasteiger partial charge is 0.416 e. The molecular formula is C17H20F3N3O3. The van der Waals surface area contributed by atoms with Gasteiger partial charge in [-0.15, -0.1) is 0 Å². The van der Waals surface area contributed by atoms with E-state index in [1.807, 2.05) is 0 Å². The lowest BCUT2D eigenvalue weighted by Gasteiger charge is -2.21. The summed E-state index contributed by atoms with van der Waals surface area (Å²) in [5, 5.41) is 14.1. The zero-order valence-corrected chi connectivity index (χ0v) is 14.1. The number of nitrogens with one attached hydrogen (secondary N) is 1. The quantitative estimate of drug-likeness (QED) is 0.645. The number of anilines is 1. The van der Waals surface area contributed by atoms with Gasteiger partial charge in [-0.25, -0.2) is 0 Å². The van der Waals surface area contributed by atoms with Crippen molar-refractivity contribution in [2.45, 2.75) is 44.3 Å². The Hall–Kier alpha value is -2.32. The number of carbonyl (C=O) groups is 1. The fourth-order valence-electron chi connectivity index (χ4n) is 3.71. The van der Waals surface area contributed by atoms with Crippen LogP contribution in [0, 0.1) is 16.0 Å². The molecular weight excluding hydrogens is 351 g/mol. The average molecular weight is 371 g/mol. The second-order valence-corrected chi connectivity index (χ2v) is 6.88. The van der Waals surface area contributed by atoms with Gasteiger partial charge in [-0.05, 0) is 31.4 Å². The van der Waals surface area contributed by atoms with Crippen LogP contribution in [-0.4, -0.2) is 34.9 Å². The van der Waals surface area contributed by atoms with Crippen LogP contribution in [-0.2, 0) is 11.0 Å². The fourth-order valence-corrected chi connectivity index (χ4v) is 3.71. The summed E-state index contributed by atoms with van der Waals surface area (Å²) in [6.45, 7) is 0.967. The number of alkyl halides is 3. The molecule has 0 radical (unpaired) electrons. The minimum Gasteiger partial charge on any atom is -0.375 e. The summed E-state index contributed by atoms with van der Waals surface area (Å²) in [5.74, 6) is 0.183. The highest BCUT2D eigenvalue weighted by Crippen LogP contribution is 2.36. The Morgan fingerprint density at radius 3 is 2.54 bits per heavy atom. The summed E-state index contributed by atoms with van der Waals surface area (Å²) in [6.07, 6.45) is -0.110. The van der Waals surface area contributed by atoms with Gasteiger partial charge in [0.15, 0.2) is 0 Å². The molecule has 1 N–H and O–H groups in total. The van der Waals surface area contributed by atoms with Crippen molar-refractivity contribution >= 4 is 17.3 Å². The van der Waals surface area contributed by atoms with E-state index in [2.05, 4.69) is 5.32 Å². The zero-order valence-electron chi connectivity index (χ0n) is 14.1. The third-order valence-electron chi connectivity index (χ3n) is 5.09. The predicted octanol–water partition coefficient (Wildman–Crippen LogP) is 3.82. The molecule has 2 aliphatic rings. The van der Waals surface area contributed by atoms with Gasteiger partial charge in [0.25, 0.3) is 5.69 Å². The molecule has 0 aromatic heterocycles. The third kappa shape index (κ3) is 3.91. The van der Waals surface area contributed by atoms with Gasteiger partial charge in [0.2, 0.25) is 5.91 Å². The average Bonchev–Trinajstić information content (AvgIpc) is 3.25. The first-order valence-corrected chi connectivity index (χ1v) is 8.66. The van der Waals surface area contributed by atoms with Crippen LogP contribution in [0.25, 0.3) is 0 Å². The molecule has 0 spiro atoms. The lowest BCUT2D eigenvalue weighted by atomic mass is 10.1. The van der Waals surface area contributed by atoms with Crippen molar-refractivity contribution in [2.24, 2.45) is 5.92 Å². The molecule has 2 fully saturated rings. The van der Waals surface area contributed by atoms with Gasteiger partial charge in [0.1, 0.15) is 5.69 Å². The Labute approximate surface area is 148 Å². The maximum Gasteiger partial charge on any atom is 0.416 e. The van der Waals surface area contributed by atoms with Crippen molar-refractivity contribution in [3.63, 3.8) is 0 Å². The second kappa shape index (κ2) is 7.13. The highest BCUT2D eigenvalue weighted by molar-refractivity contribution is 5.79. The van der Waals surface area contributed by atoms with Gasteiger partial charge < -0.3 is 10.2 Å². The summed E-state index contributed by atoms with van der Waals surface area (Å²) in [6, 6.07) is 2.24. The molecule has 1 aliphatic carbocycles. The molecule has 1 aliphatic heterocycles. The van der Waals surface area contributed by atoms with E-state index < -0.39 is 22.4 Å². The second-order valence-electron chi connectivity index (χ2n) is 6.88. The lowest BCUT2D eigenvalue weighted by Crippen LogP contribution is -2.35. The van der Waals surface area contributed by atoms with Crippen molar-refractivity contribution in [3.05, 3.63) is 33.9 Å². The first-order chi connectivity index (χ1) is 12.3. The normalized spacial score (nSPS) is 21.2. The van der Waals surface area contributed by atoms with Crippen LogP contribution in [0.5, 0.6) is 0 Å². The van der Waals surface area contributed by atoms with Crippen LogP contribution >= 0.6 is 0 Å². The number of nitrogens with zero attached hydrogens (tertiary/aromatic N) is 2. The van der Waals surface area contributed by atoms with Crippen molar-refractivity contribution in [1.29, 1.82) is 0 Å². The number of amides is 1. The number of carbonyl (C=O) groups excluding carboxylic acids is 1. The Balaban J connectivity index is 1.69. The number of nitro benzene ring substituents is 1. The van der Waals surface area contributed by atoms with E-state index in [9.17, 15) is 28.1 Å². The summed E-state index contributed by atoms with van der Waals surface area (Å²) in [5.41, 5.74) is -1.62. The van der Waals surface area contributed by atoms with Crippen molar-refractivity contribution in [3.8, 4) is 0 Å². The maximum absolute atomic E-state index is 12.8. The molecule has 26 heavy (non-hydrogen) atoms. The molecule has 1 atom stereocenters. The molecule has 3 rings (SSSR count). The summed E-state index contributed by atoms with van der Waals surface area (Å²) in [7, 11) is 0. The van der Waals surface area contributed by atoms with Crippen molar-refractivity contribution in [1.82, 2.24) is 4.90 Å². The molecule has 142 valence electrons. The van der Waals surface area contributed by atoms with Gasteiger partial charge >= 0.3 is 6.18 Å². The van der Waals surface area contributed by atoms with Crippen LogP contribution in [0.15, 0.2) is 18.2 Å². The van der Waals surface area contributed by atoms with Crippen LogP contribution < -0.4 is 5.32 Å². The Morgan fingerprint density at radius 2 is 1.92 bits per heavy atom. The maximum atomic E-state index is 12.8. The predicted molar refractivity (Wildman–Crippen MR) is 88.7 cm³/mol. The number of rotatable bonds is 4. The van der Waals surface area contributed by atoms with Gasteiger partial charge in [-0.1, -0.05) is 12.8 Å². The molecule has 1 saturated heterocycles. The molecule has 1 unspecified atom stereocenters. The lowest BCUT2D eigenvalue weighted by molar-refractivity contribution is -0.384. The highest BCUT2D eigenvalue weighted by atomic mass is 19.4. The number of nitro groups is 1. The SMILES string of the molecule is O=C(C1CCCC1)N1CCC(Nc2ccc(C(F)(F)F)cc2[N+](=O)[O-])C1. The standard InChI is InChI=1S/C17H20F3N3O3/c18-17(19,20)12-5-6-14(15(9-12)23(25)26)21-13-7-8-22(10-13)16(24)11-3-1-2-4-11/h5-6,9,11,13,21H,1-4,7-8,10H2. The fraction of sp³-hybridized carbons (Fsp3) is 0.588. The molecule has 9 heteroatoms. The Morgan fingerprint density at radius 1 is 1.23 bits per heavy atom. The van der Waals surface area contributed by atoms with Crippen LogP contribution in [0.1, 0.15) is 37.7 Å².